The van der Waals surface area contributed by atoms with Gasteiger partial charge in [0.15, 0.2) is 0 Å². The molecule has 4 nitrogen and oxygen atoms in total. The van der Waals surface area contributed by atoms with Crippen LogP contribution >= 0.6 is 11.8 Å². The fraction of sp³-hybridized carbons (Fsp3) is 0.565. The highest BCUT2D eigenvalue weighted by atomic mass is 32.2. The summed E-state index contributed by atoms with van der Waals surface area (Å²) in [6.07, 6.45) is 10.0. The van der Waals surface area contributed by atoms with Crippen molar-refractivity contribution in [3.8, 4) is 0 Å². The third kappa shape index (κ3) is 3.92. The smallest absolute Gasteiger partial charge is 0.147 e. The minimum absolute atomic E-state index is 0.113. The first-order valence-electron chi connectivity index (χ1n) is 10.5. The van der Waals surface area contributed by atoms with E-state index in [1.54, 1.807) is 11.8 Å². The second-order valence-corrected chi connectivity index (χ2v) is 10.5. The summed E-state index contributed by atoms with van der Waals surface area (Å²) in [5.41, 5.74) is 8.26. The third-order valence-electron chi connectivity index (χ3n) is 6.58. The van der Waals surface area contributed by atoms with E-state index in [0.29, 0.717) is 11.5 Å². The Labute approximate surface area is 173 Å². The Kier molecular flexibility index (Phi) is 5.41. The van der Waals surface area contributed by atoms with Gasteiger partial charge >= 0.3 is 0 Å². The number of aromatic nitrogens is 2. The maximum absolute atomic E-state index is 6.42. The Balaban J connectivity index is 1.43. The van der Waals surface area contributed by atoms with Crippen LogP contribution in [0.1, 0.15) is 58.4 Å². The number of nitrogens with two attached hydrogens (primary N) is 1. The van der Waals surface area contributed by atoms with E-state index in [1.165, 1.54) is 42.6 Å². The molecule has 1 aromatic carbocycles. The Bertz CT molecular complexity index is 804. The molecule has 1 aromatic heterocycles. The van der Waals surface area contributed by atoms with E-state index >= 15 is 0 Å². The van der Waals surface area contributed by atoms with Crippen LogP contribution in [0.25, 0.3) is 0 Å². The van der Waals surface area contributed by atoms with Crippen LogP contribution in [0, 0.1) is 5.41 Å². The molecular weight excluding hydrogens is 364 g/mol. The molecular formula is C23H32N4S. The van der Waals surface area contributed by atoms with Gasteiger partial charge in [-0.05, 0) is 48.1 Å². The van der Waals surface area contributed by atoms with Gasteiger partial charge in [0, 0.05) is 24.0 Å². The van der Waals surface area contributed by atoms with E-state index in [4.69, 9.17) is 15.7 Å². The van der Waals surface area contributed by atoms with Crippen LogP contribution in [0.5, 0.6) is 0 Å². The summed E-state index contributed by atoms with van der Waals surface area (Å²) in [4.78, 5) is 13.1. The highest BCUT2D eigenvalue weighted by Gasteiger charge is 2.43. The second-order valence-electron chi connectivity index (χ2n) is 9.41. The molecule has 150 valence electrons. The molecule has 1 saturated carbocycles. The number of nitrogens with zero attached hydrogens (tertiary/aromatic N) is 3. The molecule has 0 radical (unpaired) electrons. The molecule has 2 fully saturated rings. The summed E-state index contributed by atoms with van der Waals surface area (Å²) in [7, 11) is 0. The van der Waals surface area contributed by atoms with Crippen molar-refractivity contribution < 1.29 is 0 Å². The lowest BCUT2D eigenvalue weighted by Gasteiger charge is -2.42. The van der Waals surface area contributed by atoms with Crippen molar-refractivity contribution in [2.45, 2.75) is 74.3 Å². The van der Waals surface area contributed by atoms with Crippen molar-refractivity contribution >= 4 is 17.6 Å². The standard InChI is InChI=1S/C23H32N4S/c1-22(2,3)17-7-4-5-8-18(17)28-21-16-25-20(15-26-21)27-13-11-23(12-14-27)10-6-9-19(23)24/h4-5,7-8,15-16,19H,6,9-14,24H2,1-3H3/t19-/m0/s1. The minimum Gasteiger partial charge on any atom is -0.355 e. The lowest BCUT2D eigenvalue weighted by Crippen LogP contribution is -2.47. The van der Waals surface area contributed by atoms with E-state index in [-0.39, 0.29) is 5.41 Å². The zero-order valence-electron chi connectivity index (χ0n) is 17.3. The lowest BCUT2D eigenvalue weighted by molar-refractivity contribution is 0.197. The summed E-state index contributed by atoms with van der Waals surface area (Å²) in [6, 6.07) is 8.98. The number of hydrogen-bond acceptors (Lipinski definition) is 5. The van der Waals surface area contributed by atoms with Gasteiger partial charge in [-0.25, -0.2) is 9.97 Å². The molecule has 2 aromatic rings. The molecule has 28 heavy (non-hydrogen) atoms. The van der Waals surface area contributed by atoms with E-state index < -0.39 is 0 Å². The van der Waals surface area contributed by atoms with Gasteiger partial charge in [-0.15, -0.1) is 0 Å². The zero-order chi connectivity index (χ0) is 19.8. The molecule has 1 spiro atoms. The van der Waals surface area contributed by atoms with Crippen LogP contribution < -0.4 is 10.6 Å². The van der Waals surface area contributed by atoms with Gasteiger partial charge in [0.25, 0.3) is 0 Å². The van der Waals surface area contributed by atoms with Crippen molar-refractivity contribution in [3.05, 3.63) is 42.2 Å². The number of rotatable bonds is 3. The van der Waals surface area contributed by atoms with E-state index in [1.807, 2.05) is 12.4 Å². The van der Waals surface area contributed by atoms with Crippen molar-refractivity contribution in [3.63, 3.8) is 0 Å². The van der Waals surface area contributed by atoms with Crippen LogP contribution in [-0.4, -0.2) is 29.1 Å². The quantitative estimate of drug-likeness (QED) is 0.789. The molecule has 1 saturated heterocycles. The van der Waals surface area contributed by atoms with Crippen LogP contribution in [0.15, 0.2) is 46.6 Å². The Morgan fingerprint density at radius 2 is 1.82 bits per heavy atom. The minimum atomic E-state index is 0.113. The maximum Gasteiger partial charge on any atom is 0.147 e. The van der Waals surface area contributed by atoms with Gasteiger partial charge < -0.3 is 10.6 Å². The SMILES string of the molecule is CC(C)(C)c1ccccc1Sc1cnc(N2CCC3(CCC[C@@H]3N)CC2)cn1. The van der Waals surface area contributed by atoms with Crippen LogP contribution in [0.2, 0.25) is 0 Å². The topological polar surface area (TPSA) is 55.0 Å². The van der Waals surface area contributed by atoms with Crippen molar-refractivity contribution in [1.82, 2.24) is 9.97 Å². The largest absolute Gasteiger partial charge is 0.355 e. The highest BCUT2D eigenvalue weighted by molar-refractivity contribution is 7.99. The fourth-order valence-corrected chi connectivity index (χ4v) is 5.85. The first-order chi connectivity index (χ1) is 13.4. The zero-order valence-corrected chi connectivity index (χ0v) is 18.1. The lowest BCUT2D eigenvalue weighted by atomic mass is 9.74. The summed E-state index contributed by atoms with van der Waals surface area (Å²) < 4.78 is 0. The summed E-state index contributed by atoms with van der Waals surface area (Å²) in [5, 5.41) is 0.951. The van der Waals surface area contributed by atoms with Crippen LogP contribution in [-0.2, 0) is 5.41 Å². The van der Waals surface area contributed by atoms with Crippen LogP contribution in [0.4, 0.5) is 5.82 Å². The molecule has 2 aliphatic rings. The average Bonchev–Trinajstić information content (AvgIpc) is 3.03. The summed E-state index contributed by atoms with van der Waals surface area (Å²) in [6.45, 7) is 8.84. The molecule has 1 aliphatic heterocycles. The number of hydrogen-bond donors (Lipinski definition) is 1. The molecule has 5 heteroatoms. The number of benzene rings is 1. The maximum atomic E-state index is 6.42. The van der Waals surface area contributed by atoms with E-state index in [2.05, 4.69) is 49.9 Å². The van der Waals surface area contributed by atoms with Gasteiger partial charge in [-0.3, -0.25) is 0 Å². The molecule has 0 amide bonds. The normalized spacial score (nSPS) is 22.0. The molecule has 4 rings (SSSR count). The molecule has 1 atom stereocenters. The van der Waals surface area contributed by atoms with Crippen molar-refractivity contribution in [2.24, 2.45) is 11.1 Å². The molecule has 1 aliphatic carbocycles. The fourth-order valence-electron chi connectivity index (χ4n) is 4.78. The van der Waals surface area contributed by atoms with Gasteiger partial charge in [-0.2, -0.15) is 0 Å². The van der Waals surface area contributed by atoms with Crippen molar-refractivity contribution in [2.75, 3.05) is 18.0 Å². The first kappa shape index (κ1) is 19.7. The predicted octanol–water partition coefficient (Wildman–Crippen LogP) is 5.02. The Hall–Kier alpha value is -1.59. The molecule has 0 unspecified atom stereocenters. The van der Waals surface area contributed by atoms with Gasteiger partial charge in [-0.1, -0.05) is 57.2 Å². The van der Waals surface area contributed by atoms with Gasteiger partial charge in [0.2, 0.25) is 0 Å². The number of anilines is 1. The molecule has 2 heterocycles. The van der Waals surface area contributed by atoms with Gasteiger partial charge in [0.1, 0.15) is 10.8 Å². The second kappa shape index (κ2) is 7.68. The summed E-state index contributed by atoms with van der Waals surface area (Å²) in [5.74, 6) is 0.995. The third-order valence-corrected chi connectivity index (χ3v) is 7.58. The number of piperidine rings is 1. The van der Waals surface area contributed by atoms with Gasteiger partial charge in [0.05, 0.1) is 12.4 Å². The van der Waals surface area contributed by atoms with Crippen LogP contribution in [0.3, 0.4) is 0 Å². The highest BCUT2D eigenvalue weighted by Crippen LogP contribution is 2.45. The molecule has 2 N–H and O–H groups in total. The van der Waals surface area contributed by atoms with Crippen molar-refractivity contribution in [1.29, 1.82) is 0 Å². The average molecular weight is 397 g/mol. The Morgan fingerprint density at radius 3 is 2.43 bits per heavy atom. The van der Waals surface area contributed by atoms with E-state index in [0.717, 1.165) is 23.9 Å². The first-order valence-corrected chi connectivity index (χ1v) is 11.3. The monoisotopic (exact) mass is 396 g/mol. The summed E-state index contributed by atoms with van der Waals surface area (Å²) >= 11 is 1.70. The predicted molar refractivity (Wildman–Crippen MR) is 117 cm³/mol. The van der Waals surface area contributed by atoms with E-state index in [9.17, 15) is 0 Å². The molecule has 0 bridgehead atoms. The Morgan fingerprint density at radius 1 is 1.07 bits per heavy atom.